The number of hydrogen-bond donors (Lipinski definition) is 0. The lowest BCUT2D eigenvalue weighted by Gasteiger charge is -2.46. The molecule has 0 saturated heterocycles. The van der Waals surface area contributed by atoms with E-state index in [2.05, 4.69) is 25.1 Å². The molecule has 3 aliphatic rings. The van der Waals surface area contributed by atoms with E-state index in [-0.39, 0.29) is 0 Å². The number of nitrogens with zero attached hydrogens (tertiary/aromatic N) is 1. The summed E-state index contributed by atoms with van der Waals surface area (Å²) in [7, 11) is 0. The van der Waals surface area contributed by atoms with Crippen LogP contribution in [0.4, 0.5) is 0 Å². The first-order valence-electron chi connectivity index (χ1n) is 5.29. The Morgan fingerprint density at radius 2 is 2.25 bits per heavy atom. The smallest absolute Gasteiger partial charge is 0.0385 e. The summed E-state index contributed by atoms with van der Waals surface area (Å²) >= 11 is 0. The molecule has 3 rings (SSSR count). The first-order valence-corrected chi connectivity index (χ1v) is 5.29. The van der Waals surface area contributed by atoms with Gasteiger partial charge in [-0.25, -0.2) is 0 Å². The molecule has 1 saturated carbocycles. The summed E-state index contributed by atoms with van der Waals surface area (Å²) in [6, 6.07) is 0. The highest BCUT2D eigenvalue weighted by molar-refractivity contribution is 5.63. The Bertz CT molecular complexity index is 183. The van der Waals surface area contributed by atoms with E-state index in [0.29, 0.717) is 0 Å². The van der Waals surface area contributed by atoms with Gasteiger partial charge in [0.1, 0.15) is 0 Å². The fourth-order valence-electron chi connectivity index (χ4n) is 2.98. The molecule has 0 radical (unpaired) electrons. The maximum atomic E-state index is 4.46. The molecule has 0 aromatic rings. The summed E-state index contributed by atoms with van der Waals surface area (Å²) in [6.45, 7) is 5.80. The van der Waals surface area contributed by atoms with Crippen LogP contribution in [0.3, 0.4) is 0 Å². The summed E-state index contributed by atoms with van der Waals surface area (Å²) < 4.78 is 0. The van der Waals surface area contributed by atoms with Gasteiger partial charge in [-0.2, -0.15) is 0 Å². The minimum atomic E-state index is 0.829. The molecule has 2 heterocycles. The Kier molecular flexibility index (Phi) is 2.20. The van der Waals surface area contributed by atoms with Crippen molar-refractivity contribution in [3.63, 3.8) is 0 Å². The standard InChI is InChI=1S/C11H19N/c1-8(2)11-9-4-3-5-12-7-10(11)6-9/h7-11H,3-6H2,1-2H3/b12-7-. The maximum Gasteiger partial charge on any atom is 0.0385 e. The van der Waals surface area contributed by atoms with Gasteiger partial charge in [-0.1, -0.05) is 13.8 Å². The predicted octanol–water partition coefficient (Wildman–Crippen LogP) is 2.76. The Morgan fingerprint density at radius 1 is 1.42 bits per heavy atom. The Labute approximate surface area is 75.3 Å². The average Bonchev–Trinajstić information content (AvgIpc) is 1.78. The molecule has 3 atom stereocenters. The lowest BCUT2D eigenvalue weighted by Crippen LogP contribution is -2.41. The normalized spacial score (nSPS) is 43.1. The van der Waals surface area contributed by atoms with Crippen molar-refractivity contribution in [2.24, 2.45) is 28.7 Å². The van der Waals surface area contributed by atoms with Gasteiger partial charge in [0.2, 0.25) is 0 Å². The van der Waals surface area contributed by atoms with Gasteiger partial charge in [0, 0.05) is 12.8 Å². The third-order valence-corrected chi connectivity index (χ3v) is 3.54. The highest BCUT2D eigenvalue weighted by atomic mass is 14.7. The largest absolute Gasteiger partial charge is 0.297 e. The highest BCUT2D eigenvalue weighted by Gasteiger charge is 2.41. The van der Waals surface area contributed by atoms with Crippen molar-refractivity contribution < 1.29 is 0 Å². The average molecular weight is 165 g/mol. The SMILES string of the molecule is CC(C)C1C2/C=N\CCCC1C2. The van der Waals surface area contributed by atoms with E-state index in [4.69, 9.17) is 0 Å². The zero-order chi connectivity index (χ0) is 8.55. The molecule has 3 unspecified atom stereocenters. The molecule has 1 heteroatoms. The van der Waals surface area contributed by atoms with Crippen LogP contribution in [0, 0.1) is 23.7 Å². The van der Waals surface area contributed by atoms with Gasteiger partial charge in [-0.05, 0) is 42.9 Å². The quantitative estimate of drug-likeness (QED) is 0.566. The van der Waals surface area contributed by atoms with Crippen molar-refractivity contribution in [3.8, 4) is 0 Å². The number of aliphatic imine (C=N–C) groups is 1. The molecular formula is C11H19N. The number of hydrogen-bond acceptors (Lipinski definition) is 1. The molecule has 0 aromatic heterocycles. The minimum absolute atomic E-state index is 0.829. The molecule has 1 nitrogen and oxygen atoms in total. The molecule has 2 bridgehead atoms. The fraction of sp³-hybridized carbons (Fsp3) is 0.909. The molecule has 0 spiro atoms. The van der Waals surface area contributed by atoms with Crippen LogP contribution < -0.4 is 0 Å². The number of fused-ring (bicyclic) bond motifs is 3. The summed E-state index contributed by atoms with van der Waals surface area (Å²) in [5, 5.41) is 0. The number of rotatable bonds is 1. The van der Waals surface area contributed by atoms with E-state index in [1.807, 2.05) is 0 Å². The predicted molar refractivity (Wildman–Crippen MR) is 52.5 cm³/mol. The molecule has 0 amide bonds. The summed E-state index contributed by atoms with van der Waals surface area (Å²) in [5.74, 6) is 3.67. The Morgan fingerprint density at radius 3 is 3.00 bits per heavy atom. The van der Waals surface area contributed by atoms with E-state index in [0.717, 1.165) is 30.2 Å². The van der Waals surface area contributed by atoms with Crippen LogP contribution in [0.2, 0.25) is 0 Å². The Hall–Kier alpha value is -0.330. The van der Waals surface area contributed by atoms with Gasteiger partial charge in [-0.15, -0.1) is 0 Å². The summed E-state index contributed by atoms with van der Waals surface area (Å²) in [6.07, 6.45) is 6.40. The summed E-state index contributed by atoms with van der Waals surface area (Å²) in [5.41, 5.74) is 0. The third-order valence-electron chi connectivity index (χ3n) is 3.54. The zero-order valence-corrected chi connectivity index (χ0v) is 8.16. The van der Waals surface area contributed by atoms with E-state index >= 15 is 0 Å². The van der Waals surface area contributed by atoms with Crippen molar-refractivity contribution in [2.75, 3.05) is 6.54 Å². The van der Waals surface area contributed by atoms with Crippen LogP contribution in [0.1, 0.15) is 33.1 Å². The van der Waals surface area contributed by atoms with Crippen molar-refractivity contribution >= 4 is 6.21 Å². The van der Waals surface area contributed by atoms with Gasteiger partial charge in [-0.3, -0.25) is 4.99 Å². The second kappa shape index (κ2) is 3.20. The molecule has 1 aliphatic carbocycles. The van der Waals surface area contributed by atoms with Gasteiger partial charge in [0.05, 0.1) is 0 Å². The highest BCUT2D eigenvalue weighted by Crippen LogP contribution is 2.47. The second-order valence-corrected chi connectivity index (χ2v) is 4.68. The van der Waals surface area contributed by atoms with E-state index in [1.54, 1.807) is 0 Å². The first kappa shape index (κ1) is 8.28. The molecular weight excluding hydrogens is 146 g/mol. The molecule has 68 valence electrons. The molecule has 2 aliphatic heterocycles. The van der Waals surface area contributed by atoms with Gasteiger partial charge in [0.15, 0.2) is 0 Å². The monoisotopic (exact) mass is 165 g/mol. The summed E-state index contributed by atoms with van der Waals surface area (Å²) in [4.78, 5) is 4.46. The van der Waals surface area contributed by atoms with Crippen molar-refractivity contribution in [2.45, 2.75) is 33.1 Å². The van der Waals surface area contributed by atoms with Crippen LogP contribution in [0.5, 0.6) is 0 Å². The zero-order valence-electron chi connectivity index (χ0n) is 8.16. The third kappa shape index (κ3) is 1.30. The van der Waals surface area contributed by atoms with Crippen molar-refractivity contribution in [1.82, 2.24) is 0 Å². The fourth-order valence-corrected chi connectivity index (χ4v) is 2.98. The van der Waals surface area contributed by atoms with E-state index in [1.165, 1.54) is 19.3 Å². The van der Waals surface area contributed by atoms with Crippen LogP contribution in [-0.2, 0) is 0 Å². The van der Waals surface area contributed by atoms with Crippen molar-refractivity contribution in [1.29, 1.82) is 0 Å². The minimum Gasteiger partial charge on any atom is -0.297 e. The Balaban J connectivity index is 2.06. The second-order valence-electron chi connectivity index (χ2n) is 4.68. The molecule has 1 fully saturated rings. The van der Waals surface area contributed by atoms with Crippen LogP contribution >= 0.6 is 0 Å². The van der Waals surface area contributed by atoms with E-state index < -0.39 is 0 Å². The topological polar surface area (TPSA) is 12.4 Å². The van der Waals surface area contributed by atoms with Gasteiger partial charge < -0.3 is 0 Å². The van der Waals surface area contributed by atoms with Gasteiger partial charge >= 0.3 is 0 Å². The first-order chi connectivity index (χ1) is 5.79. The maximum absolute atomic E-state index is 4.46. The van der Waals surface area contributed by atoms with E-state index in [9.17, 15) is 0 Å². The molecule has 0 N–H and O–H groups in total. The molecule has 12 heavy (non-hydrogen) atoms. The lowest BCUT2D eigenvalue weighted by molar-refractivity contribution is 0.0673. The van der Waals surface area contributed by atoms with Crippen LogP contribution in [0.15, 0.2) is 4.99 Å². The van der Waals surface area contributed by atoms with Crippen LogP contribution in [0.25, 0.3) is 0 Å². The lowest BCUT2D eigenvalue weighted by atomic mass is 9.59. The molecule has 0 aromatic carbocycles. The van der Waals surface area contributed by atoms with Crippen LogP contribution in [-0.4, -0.2) is 12.8 Å². The van der Waals surface area contributed by atoms with Gasteiger partial charge in [0.25, 0.3) is 0 Å². The van der Waals surface area contributed by atoms with Crippen molar-refractivity contribution in [3.05, 3.63) is 0 Å².